The SMILES string of the molecule is COc1cc(-c2ccc3c(c2)c2ccccc2n3-c2ccccc2)ccc1-c1ccc(OS(=O)(=O)C(F)(F)F)cc1C=O. The highest BCUT2D eigenvalue weighted by Crippen LogP contribution is 2.39. The van der Waals surface area contributed by atoms with Gasteiger partial charge < -0.3 is 13.5 Å². The predicted octanol–water partition coefficient (Wildman–Crippen LogP) is 8.17. The lowest BCUT2D eigenvalue weighted by atomic mass is 9.95. The first-order valence-corrected chi connectivity index (χ1v) is 14.4. The summed E-state index contributed by atoms with van der Waals surface area (Å²) in [5, 5.41) is 2.16. The number of benzene rings is 5. The van der Waals surface area contributed by atoms with E-state index in [-0.39, 0.29) is 5.56 Å². The number of methoxy groups -OCH3 is 1. The number of aromatic nitrogens is 1. The number of rotatable bonds is 7. The molecular weight excluding hydrogens is 579 g/mol. The van der Waals surface area contributed by atoms with E-state index in [4.69, 9.17) is 4.74 Å². The van der Waals surface area contributed by atoms with Gasteiger partial charge in [0.15, 0.2) is 6.29 Å². The topological polar surface area (TPSA) is 74.6 Å². The number of nitrogens with zero attached hydrogens (tertiary/aromatic N) is 1. The van der Waals surface area contributed by atoms with Crippen molar-refractivity contribution in [3.05, 3.63) is 115 Å². The van der Waals surface area contributed by atoms with Crippen LogP contribution in [0.4, 0.5) is 13.2 Å². The molecule has 5 aromatic carbocycles. The van der Waals surface area contributed by atoms with E-state index in [1.807, 2.05) is 42.5 Å². The Morgan fingerprint density at radius 3 is 2.09 bits per heavy atom. The minimum absolute atomic E-state index is 0.0731. The van der Waals surface area contributed by atoms with Crippen molar-refractivity contribution in [1.29, 1.82) is 0 Å². The summed E-state index contributed by atoms with van der Waals surface area (Å²) in [5.74, 6) is -0.231. The Bertz CT molecular complexity index is 2120. The summed E-state index contributed by atoms with van der Waals surface area (Å²) in [6.45, 7) is 0. The smallest absolute Gasteiger partial charge is 0.496 e. The van der Waals surface area contributed by atoms with E-state index in [0.717, 1.165) is 50.8 Å². The third kappa shape index (κ3) is 4.99. The minimum Gasteiger partial charge on any atom is -0.496 e. The predicted molar refractivity (Wildman–Crippen MR) is 159 cm³/mol. The molecule has 10 heteroatoms. The second-order valence-corrected chi connectivity index (χ2v) is 11.2. The molecule has 0 aliphatic heterocycles. The molecule has 0 fully saturated rings. The Kier molecular flexibility index (Phi) is 6.94. The zero-order valence-corrected chi connectivity index (χ0v) is 23.3. The number of hydrogen-bond donors (Lipinski definition) is 0. The van der Waals surface area contributed by atoms with E-state index in [9.17, 15) is 26.4 Å². The lowest BCUT2D eigenvalue weighted by Gasteiger charge is -2.15. The average molecular weight is 602 g/mol. The van der Waals surface area contributed by atoms with Crippen LogP contribution in [0.25, 0.3) is 49.7 Å². The van der Waals surface area contributed by atoms with Crippen LogP contribution in [0.15, 0.2) is 109 Å². The molecule has 0 atom stereocenters. The first-order chi connectivity index (χ1) is 20.6. The van der Waals surface area contributed by atoms with Gasteiger partial charge in [-0.3, -0.25) is 4.79 Å². The maximum absolute atomic E-state index is 12.8. The van der Waals surface area contributed by atoms with Crippen molar-refractivity contribution in [2.75, 3.05) is 7.11 Å². The summed E-state index contributed by atoms with van der Waals surface area (Å²) >= 11 is 0. The molecular formula is C33H22F3NO5S. The van der Waals surface area contributed by atoms with Crippen LogP contribution < -0.4 is 8.92 Å². The lowest BCUT2D eigenvalue weighted by molar-refractivity contribution is -0.0500. The minimum atomic E-state index is -5.89. The third-order valence-corrected chi connectivity index (χ3v) is 8.13. The maximum Gasteiger partial charge on any atom is 0.534 e. The van der Waals surface area contributed by atoms with Crippen LogP contribution in [0.1, 0.15) is 10.4 Å². The standard InChI is InChI=1S/C33H22F3NO5S/c1-41-32-19-22(11-14-28(32)26-15-13-25(17-23(26)20-38)42-43(39,40)33(34,35)36)21-12-16-31-29(18-21)27-9-5-6-10-30(27)37(31)24-7-3-2-4-8-24/h2-20H,1H3. The Hall–Kier alpha value is -5.09. The number of para-hydroxylation sites is 2. The van der Waals surface area contributed by atoms with Crippen LogP contribution in [0, 0.1) is 0 Å². The number of halogens is 3. The number of hydrogen-bond acceptors (Lipinski definition) is 5. The van der Waals surface area contributed by atoms with Crippen molar-refractivity contribution in [1.82, 2.24) is 4.57 Å². The largest absolute Gasteiger partial charge is 0.534 e. The number of carbonyl (C=O) groups excluding carboxylic acids is 1. The summed E-state index contributed by atoms with van der Waals surface area (Å²) in [6.07, 6.45) is 0.409. The molecule has 6 rings (SSSR count). The van der Waals surface area contributed by atoms with E-state index in [2.05, 4.69) is 45.1 Å². The van der Waals surface area contributed by atoms with Gasteiger partial charge in [0.05, 0.1) is 18.1 Å². The van der Waals surface area contributed by atoms with Crippen molar-refractivity contribution in [3.8, 4) is 39.4 Å². The van der Waals surface area contributed by atoms with Crippen LogP contribution in [0.3, 0.4) is 0 Å². The second-order valence-electron chi connectivity index (χ2n) is 9.69. The van der Waals surface area contributed by atoms with Gasteiger partial charge >= 0.3 is 15.6 Å². The van der Waals surface area contributed by atoms with Gasteiger partial charge in [0.1, 0.15) is 11.5 Å². The van der Waals surface area contributed by atoms with Gasteiger partial charge in [-0.15, -0.1) is 0 Å². The lowest BCUT2D eigenvalue weighted by Crippen LogP contribution is -2.28. The molecule has 0 aliphatic carbocycles. The first kappa shape index (κ1) is 28.0. The second kappa shape index (κ2) is 10.6. The fourth-order valence-electron chi connectivity index (χ4n) is 5.21. The fourth-order valence-corrected chi connectivity index (χ4v) is 5.66. The summed E-state index contributed by atoms with van der Waals surface area (Å²) in [5.41, 5.74) is 0.0635. The van der Waals surface area contributed by atoms with Crippen molar-refractivity contribution < 1.29 is 35.3 Å². The normalized spacial score (nSPS) is 12.0. The van der Waals surface area contributed by atoms with Gasteiger partial charge in [0, 0.05) is 27.6 Å². The summed E-state index contributed by atoms with van der Waals surface area (Å²) in [6, 6.07) is 33.2. The van der Waals surface area contributed by atoms with Crippen molar-refractivity contribution in [2.45, 2.75) is 5.51 Å². The zero-order valence-electron chi connectivity index (χ0n) is 22.5. The number of alkyl halides is 3. The summed E-state index contributed by atoms with van der Waals surface area (Å²) < 4.78 is 73.2. The molecule has 0 spiro atoms. The maximum atomic E-state index is 12.8. The van der Waals surface area contributed by atoms with E-state index in [1.54, 1.807) is 12.1 Å². The Morgan fingerprint density at radius 1 is 0.721 bits per heavy atom. The van der Waals surface area contributed by atoms with Gasteiger partial charge in [-0.25, -0.2) is 0 Å². The highest BCUT2D eigenvalue weighted by Gasteiger charge is 2.48. The molecule has 0 saturated heterocycles. The van der Waals surface area contributed by atoms with E-state index < -0.39 is 21.4 Å². The molecule has 1 aromatic heterocycles. The van der Waals surface area contributed by atoms with Crippen molar-refractivity contribution >= 4 is 38.2 Å². The van der Waals surface area contributed by atoms with Crippen molar-refractivity contribution in [3.63, 3.8) is 0 Å². The Labute approximate surface area is 244 Å². The molecule has 0 radical (unpaired) electrons. The molecule has 0 aliphatic rings. The van der Waals surface area contributed by atoms with Gasteiger partial charge in [0.25, 0.3) is 0 Å². The molecule has 0 bridgehead atoms. The molecule has 0 amide bonds. The van der Waals surface area contributed by atoms with Crippen LogP contribution in [-0.4, -0.2) is 31.9 Å². The summed E-state index contributed by atoms with van der Waals surface area (Å²) in [7, 11) is -4.42. The van der Waals surface area contributed by atoms with Gasteiger partial charge in [-0.1, -0.05) is 54.6 Å². The number of ether oxygens (including phenoxy) is 1. The number of aldehydes is 1. The van der Waals surface area contributed by atoms with E-state index in [1.165, 1.54) is 13.2 Å². The number of carbonyl (C=O) groups is 1. The van der Waals surface area contributed by atoms with E-state index >= 15 is 0 Å². The third-order valence-electron chi connectivity index (χ3n) is 7.15. The molecule has 43 heavy (non-hydrogen) atoms. The quantitative estimate of drug-likeness (QED) is 0.105. The molecule has 216 valence electrons. The molecule has 6 aromatic rings. The molecule has 0 saturated carbocycles. The highest BCUT2D eigenvalue weighted by atomic mass is 32.2. The van der Waals surface area contributed by atoms with Gasteiger partial charge in [-0.2, -0.15) is 21.6 Å². The van der Waals surface area contributed by atoms with Crippen LogP contribution in [0.2, 0.25) is 0 Å². The van der Waals surface area contributed by atoms with Crippen LogP contribution in [0.5, 0.6) is 11.5 Å². The highest BCUT2D eigenvalue weighted by molar-refractivity contribution is 7.88. The molecule has 1 heterocycles. The van der Waals surface area contributed by atoms with Gasteiger partial charge in [-0.05, 0) is 71.3 Å². The monoisotopic (exact) mass is 601 g/mol. The Balaban J connectivity index is 1.42. The number of fused-ring (bicyclic) bond motifs is 3. The van der Waals surface area contributed by atoms with Gasteiger partial charge in [0.2, 0.25) is 0 Å². The molecule has 0 N–H and O–H groups in total. The average Bonchev–Trinajstić information content (AvgIpc) is 3.34. The zero-order chi connectivity index (χ0) is 30.4. The van der Waals surface area contributed by atoms with E-state index in [0.29, 0.717) is 23.2 Å². The fraction of sp³-hybridized carbons (Fsp3) is 0.0606. The first-order valence-electron chi connectivity index (χ1n) is 13.0. The van der Waals surface area contributed by atoms with Crippen LogP contribution >= 0.6 is 0 Å². The Morgan fingerprint density at radius 2 is 1.37 bits per heavy atom. The molecule has 6 nitrogen and oxygen atoms in total. The van der Waals surface area contributed by atoms with Crippen LogP contribution in [-0.2, 0) is 10.1 Å². The van der Waals surface area contributed by atoms with Crippen molar-refractivity contribution in [2.24, 2.45) is 0 Å². The molecule has 0 unspecified atom stereocenters. The summed E-state index contributed by atoms with van der Waals surface area (Å²) in [4.78, 5) is 11.9.